The van der Waals surface area contributed by atoms with Gasteiger partial charge in [0.15, 0.2) is 0 Å². The molecular formula is C9H15BrN2O. The summed E-state index contributed by atoms with van der Waals surface area (Å²) in [6, 6.07) is 0. The molecule has 0 amide bonds. The Morgan fingerprint density at radius 3 is 2.92 bits per heavy atom. The lowest BCUT2D eigenvalue weighted by Gasteiger charge is -2.19. The van der Waals surface area contributed by atoms with Crippen molar-refractivity contribution in [3.05, 3.63) is 10.7 Å². The van der Waals surface area contributed by atoms with Crippen LogP contribution in [0, 0.1) is 0 Å². The molecule has 13 heavy (non-hydrogen) atoms. The van der Waals surface area contributed by atoms with Gasteiger partial charge in [-0.3, -0.25) is 4.99 Å². The zero-order chi connectivity index (χ0) is 9.68. The van der Waals surface area contributed by atoms with Gasteiger partial charge < -0.3 is 10.5 Å². The van der Waals surface area contributed by atoms with Crippen molar-refractivity contribution in [3.8, 4) is 0 Å². The lowest BCUT2D eigenvalue weighted by atomic mass is 10.2. The van der Waals surface area contributed by atoms with E-state index in [1.807, 2.05) is 6.92 Å². The van der Waals surface area contributed by atoms with Gasteiger partial charge >= 0.3 is 0 Å². The van der Waals surface area contributed by atoms with E-state index < -0.39 is 0 Å². The van der Waals surface area contributed by atoms with Crippen LogP contribution in [0.15, 0.2) is 15.7 Å². The van der Waals surface area contributed by atoms with E-state index in [-0.39, 0.29) is 6.23 Å². The van der Waals surface area contributed by atoms with Crippen molar-refractivity contribution in [1.82, 2.24) is 0 Å². The third-order valence-electron chi connectivity index (χ3n) is 1.99. The highest BCUT2D eigenvalue weighted by Crippen LogP contribution is 2.16. The minimum Gasteiger partial charge on any atom is -0.404 e. The quantitative estimate of drug-likeness (QED) is 0.760. The molecule has 1 atom stereocenters. The van der Waals surface area contributed by atoms with Crippen LogP contribution in [0.5, 0.6) is 0 Å². The van der Waals surface area contributed by atoms with Gasteiger partial charge in [-0.2, -0.15) is 0 Å². The number of aliphatic imine (C=N–C) groups is 1. The van der Waals surface area contributed by atoms with E-state index in [1.165, 1.54) is 12.6 Å². The van der Waals surface area contributed by atoms with Crippen LogP contribution in [0.2, 0.25) is 0 Å². The minimum atomic E-state index is 0.0289. The van der Waals surface area contributed by atoms with Crippen molar-refractivity contribution in [1.29, 1.82) is 0 Å². The van der Waals surface area contributed by atoms with Crippen LogP contribution in [-0.2, 0) is 4.74 Å². The molecule has 0 aliphatic carbocycles. The van der Waals surface area contributed by atoms with Crippen molar-refractivity contribution in [3.63, 3.8) is 0 Å². The molecule has 1 saturated heterocycles. The molecule has 0 spiro atoms. The Kier molecular flexibility index (Phi) is 4.45. The molecule has 1 aliphatic heterocycles. The van der Waals surface area contributed by atoms with E-state index in [0.29, 0.717) is 0 Å². The summed E-state index contributed by atoms with van der Waals surface area (Å²) >= 11 is 3.32. The second kappa shape index (κ2) is 5.40. The summed E-state index contributed by atoms with van der Waals surface area (Å²) in [5.74, 6) is 0. The maximum absolute atomic E-state index is 5.47. The largest absolute Gasteiger partial charge is 0.404 e. The maximum atomic E-state index is 5.47. The average molecular weight is 247 g/mol. The van der Waals surface area contributed by atoms with Gasteiger partial charge in [-0.05, 0) is 42.1 Å². The fourth-order valence-electron chi connectivity index (χ4n) is 1.22. The topological polar surface area (TPSA) is 47.6 Å². The van der Waals surface area contributed by atoms with E-state index in [0.717, 1.165) is 29.6 Å². The van der Waals surface area contributed by atoms with Crippen molar-refractivity contribution in [2.75, 3.05) is 6.61 Å². The van der Waals surface area contributed by atoms with Gasteiger partial charge in [0.1, 0.15) is 6.23 Å². The fourth-order valence-corrected chi connectivity index (χ4v) is 1.33. The Balaban J connectivity index is 2.52. The molecule has 0 aromatic heterocycles. The monoisotopic (exact) mass is 246 g/mol. The summed E-state index contributed by atoms with van der Waals surface area (Å²) in [4.78, 5) is 4.41. The highest BCUT2D eigenvalue weighted by Gasteiger charge is 2.12. The smallest absolute Gasteiger partial charge is 0.148 e. The number of nitrogens with two attached hydrogens (primary N) is 1. The summed E-state index contributed by atoms with van der Waals surface area (Å²) in [6.45, 7) is 2.75. The van der Waals surface area contributed by atoms with Crippen LogP contribution < -0.4 is 5.73 Å². The number of halogens is 1. The highest BCUT2D eigenvalue weighted by atomic mass is 79.9. The molecule has 1 fully saturated rings. The van der Waals surface area contributed by atoms with Crippen molar-refractivity contribution in [2.45, 2.75) is 32.4 Å². The van der Waals surface area contributed by atoms with Crippen molar-refractivity contribution in [2.24, 2.45) is 10.7 Å². The van der Waals surface area contributed by atoms with Gasteiger partial charge in [0.05, 0.1) is 10.2 Å². The van der Waals surface area contributed by atoms with Gasteiger partial charge in [-0.1, -0.05) is 0 Å². The van der Waals surface area contributed by atoms with Crippen LogP contribution in [-0.4, -0.2) is 18.5 Å². The molecule has 74 valence electrons. The molecule has 4 heteroatoms. The lowest BCUT2D eigenvalue weighted by Crippen LogP contribution is -2.18. The predicted octanol–water partition coefficient (Wildman–Crippen LogP) is 2.17. The van der Waals surface area contributed by atoms with Crippen LogP contribution in [0.3, 0.4) is 0 Å². The van der Waals surface area contributed by atoms with Gasteiger partial charge in [0, 0.05) is 12.8 Å². The first-order valence-electron chi connectivity index (χ1n) is 4.48. The second-order valence-corrected chi connectivity index (χ2v) is 3.90. The van der Waals surface area contributed by atoms with E-state index >= 15 is 0 Å². The molecule has 0 aromatic carbocycles. The number of nitrogens with zero attached hydrogens (tertiary/aromatic N) is 1. The summed E-state index contributed by atoms with van der Waals surface area (Å²) < 4.78 is 6.30. The highest BCUT2D eigenvalue weighted by molar-refractivity contribution is 9.12. The number of rotatable bonds is 2. The molecule has 0 radical (unpaired) electrons. The Labute approximate surface area is 87.2 Å². The lowest BCUT2D eigenvalue weighted by molar-refractivity contribution is 0.0224. The molecule has 2 N–H and O–H groups in total. The third kappa shape index (κ3) is 3.48. The van der Waals surface area contributed by atoms with E-state index in [9.17, 15) is 0 Å². The number of hydrogen-bond donors (Lipinski definition) is 1. The molecule has 1 aliphatic rings. The Hall–Kier alpha value is -0.350. The van der Waals surface area contributed by atoms with Gasteiger partial charge in [-0.15, -0.1) is 0 Å². The third-order valence-corrected chi connectivity index (χ3v) is 2.82. The molecule has 1 heterocycles. The first-order valence-corrected chi connectivity index (χ1v) is 5.27. The normalized spacial score (nSPS) is 26.2. The van der Waals surface area contributed by atoms with Crippen LogP contribution in [0.1, 0.15) is 26.2 Å². The summed E-state index contributed by atoms with van der Waals surface area (Å²) in [5, 5.41) is 0. The standard InChI is InChI=1S/C9H15BrN2O/c1-7(8(10)6-11)12-9-4-2-3-5-13-9/h6,9H,2-5,11H2,1H3. The zero-order valence-corrected chi connectivity index (χ0v) is 9.38. The molecule has 0 aromatic rings. The first kappa shape index (κ1) is 10.7. The Bertz CT molecular complexity index is 220. The molecule has 3 nitrogen and oxygen atoms in total. The minimum absolute atomic E-state index is 0.0289. The Morgan fingerprint density at radius 1 is 1.62 bits per heavy atom. The van der Waals surface area contributed by atoms with Crippen molar-refractivity contribution >= 4 is 21.6 Å². The van der Waals surface area contributed by atoms with Gasteiger partial charge in [-0.25, -0.2) is 0 Å². The fraction of sp³-hybridized carbons (Fsp3) is 0.667. The molecular weight excluding hydrogens is 232 g/mol. The van der Waals surface area contributed by atoms with E-state index in [4.69, 9.17) is 10.5 Å². The van der Waals surface area contributed by atoms with Gasteiger partial charge in [0.25, 0.3) is 0 Å². The first-order chi connectivity index (χ1) is 6.24. The maximum Gasteiger partial charge on any atom is 0.148 e. The summed E-state index contributed by atoms with van der Waals surface area (Å²) in [6.07, 6.45) is 4.90. The Morgan fingerprint density at radius 2 is 2.38 bits per heavy atom. The summed E-state index contributed by atoms with van der Waals surface area (Å²) in [5.41, 5.74) is 6.25. The molecule has 0 bridgehead atoms. The number of hydrogen-bond acceptors (Lipinski definition) is 3. The SMILES string of the molecule is CC(=NC1CCCCO1)C(Br)=CN. The molecule has 1 rings (SSSR count). The van der Waals surface area contributed by atoms with E-state index in [1.54, 1.807) is 0 Å². The molecule has 0 saturated carbocycles. The van der Waals surface area contributed by atoms with Crippen LogP contribution in [0.25, 0.3) is 0 Å². The van der Waals surface area contributed by atoms with Gasteiger partial charge in [0.2, 0.25) is 0 Å². The second-order valence-electron chi connectivity index (χ2n) is 3.05. The summed E-state index contributed by atoms with van der Waals surface area (Å²) in [7, 11) is 0. The average Bonchev–Trinajstić information content (AvgIpc) is 2.18. The predicted molar refractivity (Wildman–Crippen MR) is 57.9 cm³/mol. The number of allylic oxidation sites excluding steroid dienone is 1. The number of ether oxygens (including phenoxy) is 1. The van der Waals surface area contributed by atoms with Crippen LogP contribution >= 0.6 is 15.9 Å². The zero-order valence-electron chi connectivity index (χ0n) is 7.79. The van der Waals surface area contributed by atoms with Crippen LogP contribution in [0.4, 0.5) is 0 Å². The van der Waals surface area contributed by atoms with E-state index in [2.05, 4.69) is 20.9 Å². The van der Waals surface area contributed by atoms with Crippen molar-refractivity contribution < 1.29 is 4.74 Å². The molecule has 1 unspecified atom stereocenters.